The first-order valence-electron chi connectivity index (χ1n) is 12.3. The van der Waals surface area contributed by atoms with Crippen LogP contribution in [0.4, 0.5) is 0 Å². The number of hydrogen-bond donors (Lipinski definition) is 0. The van der Waals surface area contributed by atoms with Gasteiger partial charge in [-0.25, -0.2) is 4.98 Å². The summed E-state index contributed by atoms with van der Waals surface area (Å²) in [7, 11) is 0. The van der Waals surface area contributed by atoms with Gasteiger partial charge in [0.05, 0.1) is 16.8 Å². The van der Waals surface area contributed by atoms with Gasteiger partial charge in [-0.05, 0) is 35.7 Å². The van der Waals surface area contributed by atoms with E-state index < -0.39 is 0 Å². The van der Waals surface area contributed by atoms with Gasteiger partial charge in [0.25, 0.3) is 11.8 Å². The second-order valence-electron chi connectivity index (χ2n) is 9.22. The maximum absolute atomic E-state index is 13.8. The van der Waals surface area contributed by atoms with Gasteiger partial charge in [0.15, 0.2) is 0 Å². The van der Waals surface area contributed by atoms with E-state index in [1.807, 2.05) is 58.3 Å². The summed E-state index contributed by atoms with van der Waals surface area (Å²) in [5.74, 6) is 0.0384. The highest BCUT2D eigenvalue weighted by Gasteiger charge is 2.32. The number of hydrogen-bond acceptors (Lipinski definition) is 4. The topological polar surface area (TPSA) is 62.7 Å². The Kier molecular flexibility index (Phi) is 5.66. The highest BCUT2D eigenvalue weighted by atomic mass is 16.5. The lowest BCUT2D eigenvalue weighted by Crippen LogP contribution is -2.52. The zero-order valence-electron chi connectivity index (χ0n) is 19.5. The quantitative estimate of drug-likeness (QED) is 0.446. The lowest BCUT2D eigenvalue weighted by atomic mass is 9.98. The van der Waals surface area contributed by atoms with E-state index in [1.54, 1.807) is 0 Å². The normalized spacial score (nSPS) is 18.3. The third kappa shape index (κ3) is 4.04. The van der Waals surface area contributed by atoms with Crippen molar-refractivity contribution >= 4 is 33.5 Å². The number of ether oxygens (including phenoxy) is 1. The summed E-state index contributed by atoms with van der Waals surface area (Å²) in [6.07, 6.45) is 1.41. The molecule has 0 bridgehead atoms. The molecule has 6 nitrogen and oxygen atoms in total. The molecule has 6 heteroatoms. The average Bonchev–Trinajstić information content (AvgIpc) is 3.46. The second-order valence-corrected chi connectivity index (χ2v) is 9.22. The van der Waals surface area contributed by atoms with Crippen molar-refractivity contribution in [2.45, 2.75) is 18.9 Å². The third-order valence-electron chi connectivity index (χ3n) is 7.10. The van der Waals surface area contributed by atoms with Gasteiger partial charge < -0.3 is 14.5 Å². The van der Waals surface area contributed by atoms with E-state index in [1.165, 1.54) is 0 Å². The van der Waals surface area contributed by atoms with Gasteiger partial charge >= 0.3 is 0 Å². The molecule has 1 aromatic heterocycles. The molecule has 3 aromatic carbocycles. The Labute approximate surface area is 204 Å². The largest absolute Gasteiger partial charge is 0.368 e. The van der Waals surface area contributed by atoms with Gasteiger partial charge in [0.1, 0.15) is 6.10 Å². The number of piperazine rings is 1. The van der Waals surface area contributed by atoms with Crippen molar-refractivity contribution in [2.75, 3.05) is 32.8 Å². The number of pyridine rings is 1. The standard InChI is InChI=1S/C29H27N3O3/c33-28(31-14-16-32(17-15-31)29(34)27-13-6-18-35-27)24-19-26(30-25-12-4-3-10-23(24)25)22-11-5-8-20-7-1-2-9-21(20)22/h1-5,7-12,19,27H,6,13-18H2. The summed E-state index contributed by atoms with van der Waals surface area (Å²) in [5, 5.41) is 3.09. The van der Waals surface area contributed by atoms with Crippen LogP contribution in [0, 0.1) is 0 Å². The molecule has 2 aliphatic rings. The van der Waals surface area contributed by atoms with Gasteiger partial charge in [0.2, 0.25) is 0 Å². The molecule has 0 aliphatic carbocycles. The zero-order chi connectivity index (χ0) is 23.8. The summed E-state index contributed by atoms with van der Waals surface area (Å²) >= 11 is 0. The molecule has 0 radical (unpaired) electrons. The SMILES string of the molecule is O=C(c1cc(-c2cccc3ccccc23)nc2ccccc12)N1CCN(C(=O)C2CCCO2)CC1. The van der Waals surface area contributed by atoms with Crippen LogP contribution in [0.1, 0.15) is 23.2 Å². The van der Waals surface area contributed by atoms with Crippen LogP contribution in [0.5, 0.6) is 0 Å². The minimum atomic E-state index is -0.315. The smallest absolute Gasteiger partial charge is 0.254 e. The Morgan fingerprint density at radius 2 is 1.54 bits per heavy atom. The molecule has 2 saturated heterocycles. The molecule has 4 aromatic rings. The second kappa shape index (κ2) is 9.12. The van der Waals surface area contributed by atoms with Gasteiger partial charge in [-0.3, -0.25) is 9.59 Å². The van der Waals surface area contributed by atoms with Crippen molar-refractivity contribution in [1.82, 2.24) is 14.8 Å². The lowest BCUT2D eigenvalue weighted by Gasteiger charge is -2.36. The highest BCUT2D eigenvalue weighted by molar-refractivity contribution is 6.08. The summed E-state index contributed by atoms with van der Waals surface area (Å²) in [6.45, 7) is 2.74. The van der Waals surface area contributed by atoms with Gasteiger partial charge in [-0.1, -0.05) is 60.7 Å². The molecule has 176 valence electrons. The first-order chi connectivity index (χ1) is 17.2. The number of carbonyl (C=O) groups excluding carboxylic acids is 2. The molecule has 1 atom stereocenters. The fourth-order valence-electron chi connectivity index (χ4n) is 5.22. The summed E-state index contributed by atoms with van der Waals surface area (Å²) in [6, 6.07) is 24.1. The molecule has 3 heterocycles. The van der Waals surface area contributed by atoms with Gasteiger partial charge in [0, 0.05) is 43.7 Å². The van der Waals surface area contributed by atoms with Crippen molar-refractivity contribution in [3.8, 4) is 11.3 Å². The number of fused-ring (bicyclic) bond motifs is 2. The van der Waals surface area contributed by atoms with Crippen LogP contribution in [0.3, 0.4) is 0 Å². The number of amides is 2. The molecule has 2 aliphatic heterocycles. The Morgan fingerprint density at radius 3 is 2.34 bits per heavy atom. The predicted molar refractivity (Wildman–Crippen MR) is 136 cm³/mol. The highest BCUT2D eigenvalue weighted by Crippen LogP contribution is 2.31. The molecule has 2 fully saturated rings. The Hall–Kier alpha value is -3.77. The van der Waals surface area contributed by atoms with E-state index in [2.05, 4.69) is 24.3 Å². The molecule has 1 unspecified atom stereocenters. The number of carbonyl (C=O) groups is 2. The van der Waals surface area contributed by atoms with E-state index in [-0.39, 0.29) is 17.9 Å². The van der Waals surface area contributed by atoms with Crippen LogP contribution in [-0.4, -0.2) is 65.5 Å². The molecule has 0 saturated carbocycles. The lowest BCUT2D eigenvalue weighted by molar-refractivity contribution is -0.142. The number of para-hydroxylation sites is 1. The van der Waals surface area contributed by atoms with E-state index in [0.29, 0.717) is 38.3 Å². The van der Waals surface area contributed by atoms with Crippen LogP contribution in [-0.2, 0) is 9.53 Å². The van der Waals surface area contributed by atoms with Crippen LogP contribution in [0.2, 0.25) is 0 Å². The fraction of sp³-hybridized carbons (Fsp3) is 0.276. The Bertz CT molecular complexity index is 1410. The van der Waals surface area contributed by atoms with Crippen molar-refractivity contribution in [3.63, 3.8) is 0 Å². The summed E-state index contributed by atoms with van der Waals surface area (Å²) < 4.78 is 5.57. The summed E-state index contributed by atoms with van der Waals surface area (Å²) in [4.78, 5) is 35.1. The number of rotatable bonds is 3. The van der Waals surface area contributed by atoms with Crippen molar-refractivity contribution < 1.29 is 14.3 Å². The van der Waals surface area contributed by atoms with E-state index in [9.17, 15) is 9.59 Å². The fourth-order valence-corrected chi connectivity index (χ4v) is 5.22. The van der Waals surface area contributed by atoms with Crippen LogP contribution in [0.15, 0.2) is 72.8 Å². The minimum Gasteiger partial charge on any atom is -0.368 e. The third-order valence-corrected chi connectivity index (χ3v) is 7.10. The minimum absolute atomic E-state index is 0.0192. The first kappa shape index (κ1) is 21.7. The first-order valence-corrected chi connectivity index (χ1v) is 12.3. The molecule has 0 spiro atoms. The zero-order valence-corrected chi connectivity index (χ0v) is 19.5. The van der Waals surface area contributed by atoms with Gasteiger partial charge in [-0.15, -0.1) is 0 Å². The van der Waals surface area contributed by atoms with Crippen molar-refractivity contribution in [3.05, 3.63) is 78.4 Å². The Morgan fingerprint density at radius 1 is 0.829 bits per heavy atom. The molecular weight excluding hydrogens is 438 g/mol. The number of benzene rings is 3. The van der Waals surface area contributed by atoms with Gasteiger partial charge in [-0.2, -0.15) is 0 Å². The molecule has 0 N–H and O–H groups in total. The monoisotopic (exact) mass is 465 g/mol. The Balaban J connectivity index is 1.32. The van der Waals surface area contributed by atoms with Crippen LogP contribution in [0.25, 0.3) is 32.9 Å². The predicted octanol–water partition coefficient (Wildman–Crippen LogP) is 4.52. The van der Waals surface area contributed by atoms with E-state index in [4.69, 9.17) is 9.72 Å². The van der Waals surface area contributed by atoms with Crippen LogP contribution >= 0.6 is 0 Å². The van der Waals surface area contributed by atoms with Crippen molar-refractivity contribution in [1.29, 1.82) is 0 Å². The maximum Gasteiger partial charge on any atom is 0.254 e. The number of aromatic nitrogens is 1. The molecule has 2 amide bonds. The average molecular weight is 466 g/mol. The van der Waals surface area contributed by atoms with Crippen LogP contribution < -0.4 is 0 Å². The molecule has 6 rings (SSSR count). The van der Waals surface area contributed by atoms with Crippen molar-refractivity contribution in [2.24, 2.45) is 0 Å². The molecular formula is C29H27N3O3. The molecule has 35 heavy (non-hydrogen) atoms. The summed E-state index contributed by atoms with van der Waals surface area (Å²) in [5.41, 5.74) is 3.25. The maximum atomic E-state index is 13.8. The number of nitrogens with zero attached hydrogens (tertiary/aromatic N) is 3. The van der Waals surface area contributed by atoms with E-state index >= 15 is 0 Å². The van der Waals surface area contributed by atoms with E-state index in [0.717, 1.165) is 45.8 Å².